The Hall–Kier alpha value is -1.23. The molecule has 2 aromatic carbocycles. The van der Waals surface area contributed by atoms with E-state index in [0.29, 0.717) is 17.6 Å². The minimum atomic E-state index is -0.235. The van der Waals surface area contributed by atoms with Gasteiger partial charge in [0.2, 0.25) is 0 Å². The Morgan fingerprint density at radius 1 is 1.05 bits per heavy atom. The van der Waals surface area contributed by atoms with Crippen molar-refractivity contribution in [3.05, 3.63) is 69.4 Å². The van der Waals surface area contributed by atoms with E-state index in [0.717, 1.165) is 17.7 Å². The van der Waals surface area contributed by atoms with Crippen LogP contribution in [0.25, 0.3) is 0 Å². The van der Waals surface area contributed by atoms with Crippen LogP contribution in [0.5, 0.6) is 0 Å². The highest BCUT2D eigenvalue weighted by atomic mass is 79.9. The SMILES string of the molecule is COCc1cccc(CNCc2ccc(F)c(Br)c2)c1. The molecular formula is C16H17BrFNO. The first-order chi connectivity index (χ1) is 9.69. The highest BCUT2D eigenvalue weighted by Crippen LogP contribution is 2.16. The van der Waals surface area contributed by atoms with Crippen LogP contribution >= 0.6 is 15.9 Å². The molecule has 0 aromatic heterocycles. The van der Waals surface area contributed by atoms with E-state index in [9.17, 15) is 4.39 Å². The number of hydrogen-bond acceptors (Lipinski definition) is 2. The van der Waals surface area contributed by atoms with Crippen LogP contribution in [-0.2, 0) is 24.4 Å². The number of benzene rings is 2. The lowest BCUT2D eigenvalue weighted by molar-refractivity contribution is 0.185. The summed E-state index contributed by atoms with van der Waals surface area (Å²) in [5, 5.41) is 3.35. The minimum Gasteiger partial charge on any atom is -0.380 e. The lowest BCUT2D eigenvalue weighted by atomic mass is 10.1. The zero-order valence-corrected chi connectivity index (χ0v) is 12.9. The van der Waals surface area contributed by atoms with Crippen LogP contribution in [0.15, 0.2) is 46.9 Å². The largest absolute Gasteiger partial charge is 0.380 e. The van der Waals surface area contributed by atoms with E-state index >= 15 is 0 Å². The molecule has 0 unspecified atom stereocenters. The third-order valence-corrected chi connectivity index (χ3v) is 3.55. The molecular weight excluding hydrogens is 321 g/mol. The van der Waals surface area contributed by atoms with Crippen molar-refractivity contribution in [3.8, 4) is 0 Å². The average molecular weight is 338 g/mol. The van der Waals surface area contributed by atoms with Gasteiger partial charge in [-0.25, -0.2) is 4.39 Å². The van der Waals surface area contributed by atoms with Gasteiger partial charge in [-0.1, -0.05) is 30.3 Å². The fraction of sp³-hybridized carbons (Fsp3) is 0.250. The molecule has 2 nitrogen and oxygen atoms in total. The van der Waals surface area contributed by atoms with Gasteiger partial charge in [-0.05, 0) is 44.8 Å². The third kappa shape index (κ3) is 4.40. The van der Waals surface area contributed by atoms with Gasteiger partial charge in [0.1, 0.15) is 5.82 Å². The number of halogens is 2. The van der Waals surface area contributed by atoms with Crippen LogP contribution in [-0.4, -0.2) is 7.11 Å². The van der Waals surface area contributed by atoms with E-state index in [1.165, 1.54) is 11.6 Å². The van der Waals surface area contributed by atoms with E-state index in [-0.39, 0.29) is 5.82 Å². The molecule has 0 spiro atoms. The van der Waals surface area contributed by atoms with E-state index in [1.807, 2.05) is 12.1 Å². The molecule has 0 aliphatic heterocycles. The maximum absolute atomic E-state index is 13.1. The van der Waals surface area contributed by atoms with Crippen LogP contribution in [0.4, 0.5) is 4.39 Å². The second kappa shape index (κ2) is 7.53. The second-order valence-corrected chi connectivity index (χ2v) is 5.46. The van der Waals surface area contributed by atoms with Crippen LogP contribution in [0.3, 0.4) is 0 Å². The van der Waals surface area contributed by atoms with Gasteiger partial charge in [-0.3, -0.25) is 0 Å². The smallest absolute Gasteiger partial charge is 0.137 e. The summed E-state index contributed by atoms with van der Waals surface area (Å²) in [4.78, 5) is 0. The van der Waals surface area contributed by atoms with Gasteiger partial charge in [0, 0.05) is 20.2 Å². The molecule has 0 aliphatic rings. The predicted octanol–water partition coefficient (Wildman–Crippen LogP) is 4.02. The summed E-state index contributed by atoms with van der Waals surface area (Å²) in [7, 11) is 1.69. The molecule has 4 heteroatoms. The molecule has 2 aromatic rings. The maximum atomic E-state index is 13.1. The van der Waals surface area contributed by atoms with Gasteiger partial charge in [0.25, 0.3) is 0 Å². The number of methoxy groups -OCH3 is 1. The van der Waals surface area contributed by atoms with E-state index in [1.54, 1.807) is 19.2 Å². The third-order valence-electron chi connectivity index (χ3n) is 2.94. The minimum absolute atomic E-state index is 0.235. The van der Waals surface area contributed by atoms with Gasteiger partial charge in [0.15, 0.2) is 0 Å². The van der Waals surface area contributed by atoms with Gasteiger partial charge < -0.3 is 10.1 Å². The fourth-order valence-electron chi connectivity index (χ4n) is 2.00. The summed E-state index contributed by atoms with van der Waals surface area (Å²) in [5.41, 5.74) is 3.42. The number of ether oxygens (including phenoxy) is 1. The highest BCUT2D eigenvalue weighted by Gasteiger charge is 2.01. The first kappa shape index (κ1) is 15.2. The van der Waals surface area contributed by atoms with Crippen molar-refractivity contribution in [2.45, 2.75) is 19.7 Å². The molecule has 0 bridgehead atoms. The monoisotopic (exact) mass is 337 g/mol. The molecule has 0 saturated heterocycles. The van der Waals surface area contributed by atoms with E-state index in [4.69, 9.17) is 4.74 Å². The standard InChI is InChI=1S/C16H17BrFNO/c1-20-11-14-4-2-3-12(7-14)9-19-10-13-5-6-16(18)15(17)8-13/h2-8,19H,9-11H2,1H3. The predicted molar refractivity (Wildman–Crippen MR) is 81.8 cm³/mol. The van der Waals surface area contributed by atoms with E-state index in [2.05, 4.69) is 33.4 Å². The van der Waals surface area contributed by atoms with Crippen molar-refractivity contribution in [2.75, 3.05) is 7.11 Å². The lowest BCUT2D eigenvalue weighted by Gasteiger charge is -2.07. The summed E-state index contributed by atoms with van der Waals surface area (Å²) < 4.78 is 18.7. The maximum Gasteiger partial charge on any atom is 0.137 e. The zero-order chi connectivity index (χ0) is 14.4. The molecule has 0 aliphatic carbocycles. The average Bonchev–Trinajstić information content (AvgIpc) is 2.44. The number of hydrogen-bond donors (Lipinski definition) is 1. The summed E-state index contributed by atoms with van der Waals surface area (Å²) >= 11 is 3.19. The zero-order valence-electron chi connectivity index (χ0n) is 11.3. The Bertz CT molecular complexity index is 574. The van der Waals surface area contributed by atoms with Crippen LogP contribution in [0.1, 0.15) is 16.7 Å². The van der Waals surface area contributed by atoms with Crippen molar-refractivity contribution in [3.63, 3.8) is 0 Å². The van der Waals surface area contributed by atoms with Crippen molar-refractivity contribution in [2.24, 2.45) is 0 Å². The van der Waals surface area contributed by atoms with Crippen LogP contribution < -0.4 is 5.32 Å². The first-order valence-corrected chi connectivity index (χ1v) is 7.20. The molecule has 1 N–H and O–H groups in total. The summed E-state index contributed by atoms with van der Waals surface area (Å²) in [6.07, 6.45) is 0. The molecule has 0 heterocycles. The van der Waals surface area contributed by atoms with Gasteiger partial charge in [0.05, 0.1) is 11.1 Å². The lowest BCUT2D eigenvalue weighted by Crippen LogP contribution is -2.13. The Balaban J connectivity index is 1.89. The fourth-order valence-corrected chi connectivity index (χ4v) is 2.42. The molecule has 106 valence electrons. The topological polar surface area (TPSA) is 21.3 Å². The van der Waals surface area contributed by atoms with Gasteiger partial charge in [-0.15, -0.1) is 0 Å². The van der Waals surface area contributed by atoms with E-state index < -0.39 is 0 Å². The van der Waals surface area contributed by atoms with Crippen molar-refractivity contribution < 1.29 is 9.13 Å². The van der Waals surface area contributed by atoms with Crippen molar-refractivity contribution in [1.82, 2.24) is 5.32 Å². The Morgan fingerprint density at radius 2 is 1.75 bits per heavy atom. The highest BCUT2D eigenvalue weighted by molar-refractivity contribution is 9.10. The molecule has 0 radical (unpaired) electrons. The molecule has 20 heavy (non-hydrogen) atoms. The second-order valence-electron chi connectivity index (χ2n) is 4.60. The quantitative estimate of drug-likeness (QED) is 0.859. The Labute approximate surface area is 127 Å². The molecule has 0 fully saturated rings. The molecule has 0 saturated carbocycles. The molecule has 0 atom stereocenters. The molecule has 0 amide bonds. The van der Waals surface area contributed by atoms with Crippen molar-refractivity contribution in [1.29, 1.82) is 0 Å². The normalized spacial score (nSPS) is 10.8. The van der Waals surface area contributed by atoms with Crippen molar-refractivity contribution >= 4 is 15.9 Å². The summed E-state index contributed by atoms with van der Waals surface area (Å²) in [5.74, 6) is -0.235. The first-order valence-electron chi connectivity index (χ1n) is 6.40. The van der Waals surface area contributed by atoms with Gasteiger partial charge >= 0.3 is 0 Å². The Kier molecular flexibility index (Phi) is 5.71. The Morgan fingerprint density at radius 3 is 2.45 bits per heavy atom. The number of rotatable bonds is 6. The van der Waals surface area contributed by atoms with Crippen LogP contribution in [0, 0.1) is 5.82 Å². The molecule has 2 rings (SSSR count). The number of nitrogens with one attached hydrogen (secondary N) is 1. The summed E-state index contributed by atoms with van der Waals surface area (Å²) in [6.45, 7) is 2.10. The van der Waals surface area contributed by atoms with Gasteiger partial charge in [-0.2, -0.15) is 0 Å². The van der Waals surface area contributed by atoms with Crippen LogP contribution in [0.2, 0.25) is 0 Å². The summed E-state index contributed by atoms with van der Waals surface area (Å²) in [6, 6.07) is 13.3.